The van der Waals surface area contributed by atoms with Gasteiger partial charge < -0.3 is 5.11 Å². The quantitative estimate of drug-likeness (QED) is 0.922. The first-order valence-electron chi connectivity index (χ1n) is 4.33. The number of nitrogens with zero attached hydrogens (tertiary/aromatic N) is 2. The van der Waals surface area contributed by atoms with Gasteiger partial charge in [0.2, 0.25) is 0 Å². The van der Waals surface area contributed by atoms with Crippen molar-refractivity contribution in [3.63, 3.8) is 0 Å². The highest BCUT2D eigenvalue weighted by Crippen LogP contribution is 2.19. The van der Waals surface area contributed by atoms with E-state index in [0.717, 1.165) is 0 Å². The van der Waals surface area contributed by atoms with E-state index in [-0.39, 0.29) is 11.4 Å². The van der Waals surface area contributed by atoms with Crippen LogP contribution in [0.4, 0.5) is 4.39 Å². The van der Waals surface area contributed by atoms with E-state index in [1.165, 1.54) is 23.0 Å². The van der Waals surface area contributed by atoms with E-state index in [1.54, 1.807) is 12.1 Å². The Bertz CT molecular complexity index is 554. The molecule has 0 spiro atoms. The number of aromatic nitrogens is 2. The van der Waals surface area contributed by atoms with Crippen molar-refractivity contribution < 1.29 is 14.3 Å². The summed E-state index contributed by atoms with van der Waals surface area (Å²) in [4.78, 5) is 10.8. The van der Waals surface area contributed by atoms with E-state index in [2.05, 4.69) is 21.0 Å². The third kappa shape index (κ3) is 1.83. The summed E-state index contributed by atoms with van der Waals surface area (Å²) in [6.45, 7) is 0. The number of aromatic carboxylic acids is 1. The van der Waals surface area contributed by atoms with E-state index >= 15 is 0 Å². The fourth-order valence-corrected chi connectivity index (χ4v) is 1.70. The standard InChI is InChI=1S/C10H6BrFN2O2/c11-6-5-14(13-9(6)10(15)16)8-4-2-1-3-7(8)12/h1-5H,(H,15,16). The molecular weight excluding hydrogens is 279 g/mol. The smallest absolute Gasteiger partial charge is 0.357 e. The molecule has 0 saturated carbocycles. The molecule has 4 nitrogen and oxygen atoms in total. The molecule has 1 aromatic carbocycles. The van der Waals surface area contributed by atoms with E-state index in [0.29, 0.717) is 4.47 Å². The van der Waals surface area contributed by atoms with Crippen LogP contribution >= 0.6 is 15.9 Å². The van der Waals surface area contributed by atoms with Crippen LogP contribution < -0.4 is 0 Å². The molecule has 1 heterocycles. The van der Waals surface area contributed by atoms with Gasteiger partial charge in [0, 0.05) is 6.20 Å². The zero-order valence-corrected chi connectivity index (χ0v) is 9.48. The first-order valence-corrected chi connectivity index (χ1v) is 5.12. The average Bonchev–Trinajstić information content (AvgIpc) is 2.61. The molecule has 0 aliphatic heterocycles. The van der Waals surface area contributed by atoms with Gasteiger partial charge in [0.15, 0.2) is 5.69 Å². The second-order valence-corrected chi connectivity index (χ2v) is 3.88. The van der Waals surface area contributed by atoms with Crippen molar-refractivity contribution in [2.75, 3.05) is 0 Å². The molecule has 2 rings (SSSR count). The zero-order chi connectivity index (χ0) is 11.7. The molecule has 0 saturated heterocycles. The van der Waals surface area contributed by atoms with Gasteiger partial charge >= 0.3 is 5.97 Å². The highest BCUT2D eigenvalue weighted by Gasteiger charge is 2.15. The highest BCUT2D eigenvalue weighted by atomic mass is 79.9. The largest absolute Gasteiger partial charge is 0.476 e. The molecule has 1 N–H and O–H groups in total. The van der Waals surface area contributed by atoms with Gasteiger partial charge in [-0.05, 0) is 28.1 Å². The zero-order valence-electron chi connectivity index (χ0n) is 7.89. The van der Waals surface area contributed by atoms with Gasteiger partial charge in [0.1, 0.15) is 11.5 Å². The first kappa shape index (κ1) is 10.8. The lowest BCUT2D eigenvalue weighted by atomic mass is 10.3. The van der Waals surface area contributed by atoms with Crippen molar-refractivity contribution in [2.24, 2.45) is 0 Å². The van der Waals surface area contributed by atoms with Crippen LogP contribution in [0.2, 0.25) is 0 Å². The van der Waals surface area contributed by atoms with Crippen LogP contribution in [0.1, 0.15) is 10.5 Å². The molecule has 0 aliphatic carbocycles. The van der Waals surface area contributed by atoms with Gasteiger partial charge in [-0.1, -0.05) is 12.1 Å². The Morgan fingerprint density at radius 3 is 2.69 bits per heavy atom. The lowest BCUT2D eigenvalue weighted by Gasteiger charge is -2.01. The SMILES string of the molecule is O=C(O)c1nn(-c2ccccc2F)cc1Br. The maximum atomic E-state index is 13.4. The molecular formula is C10H6BrFN2O2. The fourth-order valence-electron chi connectivity index (χ4n) is 1.26. The maximum Gasteiger partial charge on any atom is 0.357 e. The third-order valence-electron chi connectivity index (χ3n) is 1.97. The van der Waals surface area contributed by atoms with Crippen molar-refractivity contribution in [2.45, 2.75) is 0 Å². The molecule has 0 aliphatic rings. The Hall–Kier alpha value is -1.69. The number of carboxylic acids is 1. The minimum Gasteiger partial charge on any atom is -0.476 e. The minimum absolute atomic E-state index is 0.150. The van der Waals surface area contributed by atoms with E-state index in [9.17, 15) is 9.18 Å². The number of benzene rings is 1. The summed E-state index contributed by atoms with van der Waals surface area (Å²) in [5.41, 5.74) is 0.0546. The normalized spacial score (nSPS) is 10.4. The van der Waals surface area contributed by atoms with Crippen molar-refractivity contribution in [3.8, 4) is 5.69 Å². The summed E-state index contributed by atoms with van der Waals surface area (Å²) in [6.07, 6.45) is 1.40. The Labute approximate surface area is 98.4 Å². The molecule has 0 fully saturated rings. The number of halogens is 2. The molecule has 2 aromatic rings. The highest BCUT2D eigenvalue weighted by molar-refractivity contribution is 9.10. The Kier molecular flexibility index (Phi) is 2.74. The van der Waals surface area contributed by atoms with Gasteiger partial charge in [0.25, 0.3) is 0 Å². The fraction of sp³-hybridized carbons (Fsp3) is 0. The number of hydrogen-bond acceptors (Lipinski definition) is 2. The Morgan fingerprint density at radius 2 is 2.12 bits per heavy atom. The van der Waals surface area contributed by atoms with Crippen LogP contribution in [0.5, 0.6) is 0 Å². The molecule has 0 unspecified atom stereocenters. The Morgan fingerprint density at radius 1 is 1.44 bits per heavy atom. The van der Waals surface area contributed by atoms with Crippen LogP contribution in [0.15, 0.2) is 34.9 Å². The van der Waals surface area contributed by atoms with Gasteiger partial charge in [-0.15, -0.1) is 0 Å². The molecule has 6 heteroatoms. The summed E-state index contributed by atoms with van der Waals surface area (Å²) < 4.78 is 14.9. The topological polar surface area (TPSA) is 55.1 Å². The van der Waals surface area contributed by atoms with Crippen LogP contribution in [-0.4, -0.2) is 20.9 Å². The van der Waals surface area contributed by atoms with Crippen molar-refractivity contribution in [1.82, 2.24) is 9.78 Å². The van der Waals surface area contributed by atoms with Crippen LogP contribution in [0, 0.1) is 5.82 Å². The predicted octanol–water partition coefficient (Wildman–Crippen LogP) is 2.47. The van der Waals surface area contributed by atoms with E-state index < -0.39 is 11.8 Å². The lowest BCUT2D eigenvalue weighted by Crippen LogP contribution is -2.02. The van der Waals surface area contributed by atoms with Crippen LogP contribution in [0.3, 0.4) is 0 Å². The summed E-state index contributed by atoms with van der Waals surface area (Å²) in [6, 6.07) is 6.00. The lowest BCUT2D eigenvalue weighted by molar-refractivity contribution is 0.0689. The molecule has 16 heavy (non-hydrogen) atoms. The van der Waals surface area contributed by atoms with Gasteiger partial charge in [0.05, 0.1) is 4.47 Å². The second kappa shape index (κ2) is 4.05. The molecule has 82 valence electrons. The van der Waals surface area contributed by atoms with Crippen molar-refractivity contribution in [3.05, 3.63) is 46.4 Å². The summed E-state index contributed by atoms with van der Waals surface area (Å²) >= 11 is 3.05. The summed E-state index contributed by atoms with van der Waals surface area (Å²) in [7, 11) is 0. The number of carbonyl (C=O) groups is 1. The number of carboxylic acid groups (broad SMARTS) is 1. The first-order chi connectivity index (χ1) is 7.59. The van der Waals surface area contributed by atoms with Crippen LogP contribution in [0.25, 0.3) is 5.69 Å². The maximum absolute atomic E-state index is 13.4. The molecule has 1 aromatic heterocycles. The van der Waals surface area contributed by atoms with E-state index in [1.807, 2.05) is 0 Å². The Balaban J connectivity index is 2.54. The van der Waals surface area contributed by atoms with Crippen molar-refractivity contribution >= 4 is 21.9 Å². The van der Waals surface area contributed by atoms with Crippen molar-refractivity contribution in [1.29, 1.82) is 0 Å². The number of para-hydroxylation sites is 1. The molecule has 0 bridgehead atoms. The monoisotopic (exact) mass is 284 g/mol. The molecule has 0 radical (unpaired) electrons. The average molecular weight is 285 g/mol. The predicted molar refractivity (Wildman–Crippen MR) is 58.2 cm³/mol. The second-order valence-electron chi connectivity index (χ2n) is 3.03. The third-order valence-corrected chi connectivity index (χ3v) is 2.55. The summed E-state index contributed by atoms with van der Waals surface area (Å²) in [5, 5.41) is 12.6. The molecule has 0 amide bonds. The van der Waals surface area contributed by atoms with E-state index in [4.69, 9.17) is 5.11 Å². The summed E-state index contributed by atoms with van der Waals surface area (Å²) in [5.74, 6) is -1.63. The number of hydrogen-bond donors (Lipinski definition) is 1. The minimum atomic E-state index is -1.16. The molecule has 0 atom stereocenters. The van der Waals surface area contributed by atoms with Gasteiger partial charge in [-0.25, -0.2) is 13.9 Å². The number of rotatable bonds is 2. The van der Waals surface area contributed by atoms with Gasteiger partial charge in [-0.2, -0.15) is 5.10 Å². The van der Waals surface area contributed by atoms with Gasteiger partial charge in [-0.3, -0.25) is 0 Å². The van der Waals surface area contributed by atoms with Crippen LogP contribution in [-0.2, 0) is 0 Å².